The number of carbonyl (C=O) groups is 2. The van der Waals surface area contributed by atoms with Crippen molar-refractivity contribution >= 4 is 11.8 Å². The van der Waals surface area contributed by atoms with Gasteiger partial charge in [0.1, 0.15) is 0 Å². The van der Waals surface area contributed by atoms with Crippen LogP contribution in [0.3, 0.4) is 0 Å². The van der Waals surface area contributed by atoms with Gasteiger partial charge in [0, 0.05) is 36.9 Å². The third-order valence-electron chi connectivity index (χ3n) is 3.46. The van der Waals surface area contributed by atoms with Gasteiger partial charge in [-0.1, -0.05) is 20.8 Å². The molecule has 0 aromatic heterocycles. The van der Waals surface area contributed by atoms with Crippen LogP contribution < -0.4 is 5.32 Å². The Morgan fingerprint density at radius 1 is 1.41 bits per heavy atom. The second-order valence-corrected chi connectivity index (χ2v) is 6.31. The van der Waals surface area contributed by atoms with Gasteiger partial charge in [0.15, 0.2) is 0 Å². The molecule has 4 heteroatoms. The maximum Gasteiger partial charge on any atom is 0.225 e. The van der Waals surface area contributed by atoms with Gasteiger partial charge in [-0.25, -0.2) is 0 Å². The number of nitrogens with zero attached hydrogens (tertiary/aromatic N) is 1. The Hall–Kier alpha value is -1.06. The smallest absolute Gasteiger partial charge is 0.225 e. The molecule has 1 unspecified atom stereocenters. The summed E-state index contributed by atoms with van der Waals surface area (Å²) < 4.78 is 0. The zero-order valence-electron chi connectivity index (χ0n) is 11.0. The third kappa shape index (κ3) is 2.99. The first kappa shape index (κ1) is 12.4. The number of hydrogen-bond acceptors (Lipinski definition) is 2. The highest BCUT2D eigenvalue weighted by Gasteiger charge is 2.39. The molecular formula is C13H22N2O2. The number of hydrogen-bond donors (Lipinski definition) is 1. The lowest BCUT2D eigenvalue weighted by molar-refractivity contribution is -0.129. The molecule has 1 aliphatic heterocycles. The van der Waals surface area contributed by atoms with E-state index in [1.807, 2.05) is 25.7 Å². The summed E-state index contributed by atoms with van der Waals surface area (Å²) in [6, 6.07) is 0.505. The van der Waals surface area contributed by atoms with Crippen molar-refractivity contribution in [3.05, 3.63) is 0 Å². The minimum atomic E-state index is -0.348. The van der Waals surface area contributed by atoms with Crippen LogP contribution in [0.4, 0.5) is 0 Å². The molecule has 1 aliphatic carbocycles. The van der Waals surface area contributed by atoms with E-state index in [4.69, 9.17) is 0 Å². The van der Waals surface area contributed by atoms with Gasteiger partial charge in [0.2, 0.25) is 11.8 Å². The highest BCUT2D eigenvalue weighted by atomic mass is 16.2. The van der Waals surface area contributed by atoms with E-state index in [9.17, 15) is 9.59 Å². The van der Waals surface area contributed by atoms with E-state index in [2.05, 4.69) is 5.32 Å². The van der Waals surface area contributed by atoms with E-state index in [0.717, 1.165) is 19.4 Å². The maximum atomic E-state index is 11.7. The topological polar surface area (TPSA) is 49.4 Å². The Morgan fingerprint density at radius 3 is 2.59 bits per heavy atom. The fourth-order valence-corrected chi connectivity index (χ4v) is 2.19. The van der Waals surface area contributed by atoms with Crippen LogP contribution in [0.25, 0.3) is 0 Å². The average Bonchev–Trinajstić information content (AvgIpc) is 2.98. The first-order valence-electron chi connectivity index (χ1n) is 6.45. The predicted molar refractivity (Wildman–Crippen MR) is 65.3 cm³/mol. The van der Waals surface area contributed by atoms with E-state index in [0.29, 0.717) is 24.9 Å². The Balaban J connectivity index is 1.78. The van der Waals surface area contributed by atoms with Crippen molar-refractivity contribution in [1.82, 2.24) is 10.2 Å². The summed E-state index contributed by atoms with van der Waals surface area (Å²) in [6.45, 7) is 7.16. The SMILES string of the molecule is CC(C)(C)C(=O)NCC1CC(=O)N(C2CC2)C1. The molecule has 0 bridgehead atoms. The van der Waals surface area contributed by atoms with Gasteiger partial charge >= 0.3 is 0 Å². The molecular weight excluding hydrogens is 216 g/mol. The van der Waals surface area contributed by atoms with Crippen LogP contribution >= 0.6 is 0 Å². The van der Waals surface area contributed by atoms with Crippen molar-refractivity contribution in [2.24, 2.45) is 11.3 Å². The molecule has 1 atom stereocenters. The lowest BCUT2D eigenvalue weighted by Crippen LogP contribution is -2.38. The molecule has 0 aromatic carbocycles. The molecule has 1 heterocycles. The molecule has 96 valence electrons. The van der Waals surface area contributed by atoms with E-state index in [-0.39, 0.29) is 17.2 Å². The van der Waals surface area contributed by atoms with Gasteiger partial charge in [-0.05, 0) is 12.8 Å². The number of nitrogens with one attached hydrogen (secondary N) is 1. The molecule has 4 nitrogen and oxygen atoms in total. The largest absolute Gasteiger partial charge is 0.355 e. The molecule has 0 aromatic rings. The molecule has 1 saturated heterocycles. The molecule has 2 rings (SSSR count). The summed E-state index contributed by atoms with van der Waals surface area (Å²) in [6.07, 6.45) is 2.92. The van der Waals surface area contributed by atoms with Crippen LogP contribution in [0.5, 0.6) is 0 Å². The van der Waals surface area contributed by atoms with Crippen LogP contribution in [0, 0.1) is 11.3 Å². The zero-order valence-corrected chi connectivity index (χ0v) is 11.0. The fourth-order valence-electron chi connectivity index (χ4n) is 2.19. The van der Waals surface area contributed by atoms with Crippen LogP contribution in [0.1, 0.15) is 40.0 Å². The first-order chi connectivity index (χ1) is 7.88. The summed E-state index contributed by atoms with van der Waals surface area (Å²) >= 11 is 0. The minimum Gasteiger partial charge on any atom is -0.355 e. The maximum absolute atomic E-state index is 11.7. The molecule has 2 amide bonds. The minimum absolute atomic E-state index is 0.0646. The second-order valence-electron chi connectivity index (χ2n) is 6.31. The predicted octanol–water partition coefficient (Wildman–Crippen LogP) is 1.16. The van der Waals surface area contributed by atoms with Gasteiger partial charge in [-0.2, -0.15) is 0 Å². The molecule has 2 fully saturated rings. The zero-order chi connectivity index (χ0) is 12.6. The molecule has 0 radical (unpaired) electrons. The first-order valence-corrected chi connectivity index (χ1v) is 6.45. The highest BCUT2D eigenvalue weighted by molar-refractivity contribution is 5.82. The van der Waals surface area contributed by atoms with Crippen molar-refractivity contribution in [3.63, 3.8) is 0 Å². The second kappa shape index (κ2) is 4.31. The highest BCUT2D eigenvalue weighted by Crippen LogP contribution is 2.32. The summed E-state index contributed by atoms with van der Waals surface area (Å²) in [7, 11) is 0. The number of amides is 2. The molecule has 1 saturated carbocycles. The van der Waals surface area contributed by atoms with Gasteiger partial charge in [0.25, 0.3) is 0 Å². The lowest BCUT2D eigenvalue weighted by atomic mass is 9.95. The van der Waals surface area contributed by atoms with E-state index >= 15 is 0 Å². The Kier molecular flexibility index (Phi) is 3.15. The van der Waals surface area contributed by atoms with E-state index in [1.165, 1.54) is 0 Å². The quantitative estimate of drug-likeness (QED) is 0.802. The van der Waals surface area contributed by atoms with Crippen LogP contribution in [0.2, 0.25) is 0 Å². The monoisotopic (exact) mass is 238 g/mol. The number of likely N-dealkylation sites (tertiary alicyclic amines) is 1. The molecule has 1 N–H and O–H groups in total. The van der Waals surface area contributed by atoms with Crippen LogP contribution in [0.15, 0.2) is 0 Å². The molecule has 2 aliphatic rings. The number of rotatable bonds is 3. The van der Waals surface area contributed by atoms with Crippen molar-refractivity contribution in [1.29, 1.82) is 0 Å². The van der Waals surface area contributed by atoms with Crippen molar-refractivity contribution in [2.75, 3.05) is 13.1 Å². The van der Waals surface area contributed by atoms with E-state index < -0.39 is 0 Å². The Morgan fingerprint density at radius 2 is 2.06 bits per heavy atom. The van der Waals surface area contributed by atoms with Gasteiger partial charge in [-0.3, -0.25) is 9.59 Å². The van der Waals surface area contributed by atoms with Crippen molar-refractivity contribution in [3.8, 4) is 0 Å². The van der Waals surface area contributed by atoms with E-state index in [1.54, 1.807) is 0 Å². The number of carbonyl (C=O) groups excluding carboxylic acids is 2. The van der Waals surface area contributed by atoms with Crippen molar-refractivity contribution in [2.45, 2.75) is 46.1 Å². The summed E-state index contributed by atoms with van der Waals surface area (Å²) in [4.78, 5) is 25.4. The normalized spacial score (nSPS) is 25.2. The van der Waals surface area contributed by atoms with Gasteiger partial charge < -0.3 is 10.2 Å². The van der Waals surface area contributed by atoms with Crippen LogP contribution in [-0.4, -0.2) is 35.8 Å². The van der Waals surface area contributed by atoms with Crippen molar-refractivity contribution < 1.29 is 9.59 Å². The van der Waals surface area contributed by atoms with Gasteiger partial charge in [0.05, 0.1) is 0 Å². The standard InChI is InChI=1S/C13H22N2O2/c1-13(2,3)12(17)14-7-9-6-11(16)15(8-9)10-4-5-10/h9-10H,4-8H2,1-3H3,(H,14,17). The summed E-state index contributed by atoms with van der Waals surface area (Å²) in [5, 5.41) is 2.95. The summed E-state index contributed by atoms with van der Waals surface area (Å²) in [5.74, 6) is 0.631. The lowest BCUT2D eigenvalue weighted by Gasteiger charge is -2.20. The molecule has 17 heavy (non-hydrogen) atoms. The fraction of sp³-hybridized carbons (Fsp3) is 0.846. The molecule has 0 spiro atoms. The Labute approximate surface area is 103 Å². The van der Waals surface area contributed by atoms with Gasteiger partial charge in [-0.15, -0.1) is 0 Å². The van der Waals surface area contributed by atoms with Crippen LogP contribution in [-0.2, 0) is 9.59 Å². The average molecular weight is 238 g/mol. The summed E-state index contributed by atoms with van der Waals surface area (Å²) in [5.41, 5.74) is -0.348. The Bertz CT molecular complexity index is 329. The third-order valence-corrected chi connectivity index (χ3v) is 3.46.